The lowest BCUT2D eigenvalue weighted by Gasteiger charge is -2.33. The Morgan fingerprint density at radius 2 is 2.00 bits per heavy atom. The van der Waals surface area contributed by atoms with Gasteiger partial charge in [0.15, 0.2) is 5.78 Å². The Labute approximate surface area is 120 Å². The Morgan fingerprint density at radius 1 is 1.40 bits per heavy atom. The van der Waals surface area contributed by atoms with Gasteiger partial charge in [0.25, 0.3) is 0 Å². The fourth-order valence-electron chi connectivity index (χ4n) is 1.64. The molecule has 0 aromatic heterocycles. The van der Waals surface area contributed by atoms with Gasteiger partial charge in [0, 0.05) is 17.6 Å². The van der Waals surface area contributed by atoms with E-state index in [-0.39, 0.29) is 23.1 Å². The summed E-state index contributed by atoms with van der Waals surface area (Å²) in [5.74, 6) is -0.134. The zero-order chi connectivity index (χ0) is 15.6. The van der Waals surface area contributed by atoms with Crippen molar-refractivity contribution in [1.82, 2.24) is 4.72 Å². The molecule has 6 heteroatoms. The van der Waals surface area contributed by atoms with Gasteiger partial charge in [0.05, 0.1) is 4.90 Å². The van der Waals surface area contributed by atoms with Gasteiger partial charge < -0.3 is 5.73 Å². The van der Waals surface area contributed by atoms with Crippen LogP contribution in [0.3, 0.4) is 0 Å². The van der Waals surface area contributed by atoms with Gasteiger partial charge in [0.1, 0.15) is 0 Å². The van der Waals surface area contributed by atoms with Crippen LogP contribution < -0.4 is 10.5 Å². The van der Waals surface area contributed by atoms with Crippen LogP contribution in [0.25, 0.3) is 0 Å². The molecule has 1 unspecified atom stereocenters. The molecule has 0 aliphatic rings. The minimum Gasteiger partial charge on any atom is -0.329 e. The van der Waals surface area contributed by atoms with Crippen molar-refractivity contribution < 1.29 is 13.2 Å². The summed E-state index contributed by atoms with van der Waals surface area (Å²) in [5.41, 5.74) is 5.33. The van der Waals surface area contributed by atoms with Gasteiger partial charge in [-0.15, -0.1) is 0 Å². The van der Waals surface area contributed by atoms with Gasteiger partial charge in [-0.3, -0.25) is 4.79 Å². The van der Waals surface area contributed by atoms with Crippen LogP contribution in [0.4, 0.5) is 0 Å². The van der Waals surface area contributed by atoms with Gasteiger partial charge in [-0.25, -0.2) is 13.1 Å². The molecule has 1 aromatic rings. The molecule has 0 aliphatic heterocycles. The lowest BCUT2D eigenvalue weighted by molar-refractivity contribution is 0.101. The maximum absolute atomic E-state index is 12.4. The molecular weight excluding hydrogens is 276 g/mol. The predicted octanol–water partition coefficient (Wildman–Crippen LogP) is 1.54. The largest absolute Gasteiger partial charge is 0.329 e. The van der Waals surface area contributed by atoms with E-state index >= 15 is 0 Å². The third kappa shape index (κ3) is 3.65. The molecule has 0 amide bonds. The van der Waals surface area contributed by atoms with Gasteiger partial charge in [-0.2, -0.15) is 0 Å². The summed E-state index contributed by atoms with van der Waals surface area (Å²) in [6.07, 6.45) is 0. The van der Waals surface area contributed by atoms with Crippen LogP contribution in [0.2, 0.25) is 0 Å². The molecule has 0 aliphatic carbocycles. The second-order valence-electron chi connectivity index (χ2n) is 5.47. The summed E-state index contributed by atoms with van der Waals surface area (Å²) in [7, 11) is -3.71. The zero-order valence-electron chi connectivity index (χ0n) is 12.3. The number of nitrogens with one attached hydrogen (secondary N) is 1. The minimum absolute atomic E-state index is 0.0401. The molecule has 0 bridgehead atoms. The van der Waals surface area contributed by atoms with Crippen molar-refractivity contribution >= 4 is 15.8 Å². The van der Waals surface area contributed by atoms with Crippen LogP contribution in [0.15, 0.2) is 29.2 Å². The normalized spacial score (nSPS) is 15.1. The Kier molecular flexibility index (Phi) is 5.07. The number of hydrogen-bond acceptors (Lipinski definition) is 4. The second-order valence-corrected chi connectivity index (χ2v) is 7.15. The highest BCUT2D eigenvalue weighted by atomic mass is 32.2. The molecule has 0 heterocycles. The quantitative estimate of drug-likeness (QED) is 0.780. The van der Waals surface area contributed by atoms with E-state index in [9.17, 15) is 13.2 Å². The monoisotopic (exact) mass is 298 g/mol. The SMILES string of the molecule is CC(=O)c1cccc(S(=O)(=O)NC(C)(CN)C(C)C)c1. The summed E-state index contributed by atoms with van der Waals surface area (Å²) in [5, 5.41) is 0. The van der Waals surface area contributed by atoms with Crippen molar-refractivity contribution in [3.8, 4) is 0 Å². The first-order valence-corrected chi connectivity index (χ1v) is 7.96. The smallest absolute Gasteiger partial charge is 0.241 e. The first kappa shape index (κ1) is 16.8. The van der Waals surface area contributed by atoms with E-state index < -0.39 is 15.6 Å². The molecule has 3 N–H and O–H groups in total. The summed E-state index contributed by atoms with van der Waals surface area (Å²) < 4.78 is 27.5. The Hall–Kier alpha value is -1.24. The molecule has 0 radical (unpaired) electrons. The molecular formula is C14H22N2O3S. The van der Waals surface area contributed by atoms with Gasteiger partial charge in [0.2, 0.25) is 10.0 Å². The number of rotatable bonds is 6. The predicted molar refractivity (Wildman–Crippen MR) is 79.1 cm³/mol. The Balaban J connectivity index is 3.18. The number of sulfonamides is 1. The fraction of sp³-hybridized carbons (Fsp3) is 0.500. The zero-order valence-corrected chi connectivity index (χ0v) is 13.1. The van der Waals surface area contributed by atoms with Gasteiger partial charge >= 0.3 is 0 Å². The average Bonchev–Trinajstić information content (AvgIpc) is 2.38. The third-order valence-electron chi connectivity index (χ3n) is 3.62. The van der Waals surface area contributed by atoms with E-state index in [0.717, 1.165) is 0 Å². The third-order valence-corrected chi connectivity index (χ3v) is 5.23. The molecule has 0 saturated heterocycles. The molecule has 0 fully saturated rings. The lowest BCUT2D eigenvalue weighted by atomic mass is 9.90. The number of Topliss-reactive ketones (excluding diaryl/α,β-unsaturated/α-hetero) is 1. The number of carbonyl (C=O) groups is 1. The topological polar surface area (TPSA) is 89.3 Å². The van der Waals surface area contributed by atoms with Crippen LogP contribution in [-0.4, -0.2) is 26.3 Å². The van der Waals surface area contributed by atoms with E-state index in [1.54, 1.807) is 19.1 Å². The fourth-order valence-corrected chi connectivity index (χ4v) is 3.23. The summed E-state index contributed by atoms with van der Waals surface area (Å²) in [6.45, 7) is 7.17. The van der Waals surface area contributed by atoms with Crippen LogP contribution in [-0.2, 0) is 10.0 Å². The maximum Gasteiger partial charge on any atom is 0.241 e. The van der Waals surface area contributed by atoms with Crippen molar-refractivity contribution in [1.29, 1.82) is 0 Å². The molecule has 1 aromatic carbocycles. The summed E-state index contributed by atoms with van der Waals surface area (Å²) in [6, 6.07) is 5.99. The molecule has 5 nitrogen and oxygen atoms in total. The van der Waals surface area contributed by atoms with Gasteiger partial charge in [-0.1, -0.05) is 26.0 Å². The first-order chi connectivity index (χ1) is 9.12. The molecule has 1 rings (SSSR count). The standard InChI is InChI=1S/C14H22N2O3S/c1-10(2)14(4,9-15)16-20(18,19)13-7-5-6-12(8-13)11(3)17/h5-8,10,16H,9,15H2,1-4H3. The average molecular weight is 298 g/mol. The van der Waals surface area contributed by atoms with Crippen LogP contribution in [0, 0.1) is 5.92 Å². The Morgan fingerprint density at radius 3 is 2.45 bits per heavy atom. The van der Waals surface area contributed by atoms with Crippen molar-refractivity contribution in [2.24, 2.45) is 11.7 Å². The van der Waals surface area contributed by atoms with Crippen LogP contribution >= 0.6 is 0 Å². The van der Waals surface area contributed by atoms with E-state index in [0.29, 0.717) is 5.56 Å². The first-order valence-electron chi connectivity index (χ1n) is 6.47. The van der Waals surface area contributed by atoms with Crippen molar-refractivity contribution in [3.63, 3.8) is 0 Å². The molecule has 0 spiro atoms. The lowest BCUT2D eigenvalue weighted by Crippen LogP contribution is -2.54. The highest BCUT2D eigenvalue weighted by Crippen LogP contribution is 2.20. The molecule has 1 atom stereocenters. The molecule has 112 valence electrons. The summed E-state index contributed by atoms with van der Waals surface area (Å²) >= 11 is 0. The second kappa shape index (κ2) is 6.03. The summed E-state index contributed by atoms with van der Waals surface area (Å²) in [4.78, 5) is 11.4. The molecule has 0 saturated carbocycles. The number of ketones is 1. The van der Waals surface area contributed by atoms with E-state index in [4.69, 9.17) is 5.73 Å². The van der Waals surface area contributed by atoms with Crippen LogP contribution in [0.1, 0.15) is 38.1 Å². The number of benzene rings is 1. The van der Waals surface area contributed by atoms with E-state index in [1.807, 2.05) is 13.8 Å². The highest BCUT2D eigenvalue weighted by molar-refractivity contribution is 7.89. The van der Waals surface area contributed by atoms with Gasteiger partial charge in [-0.05, 0) is 31.9 Å². The molecule has 20 heavy (non-hydrogen) atoms. The Bertz CT molecular complexity index is 596. The van der Waals surface area contributed by atoms with E-state index in [1.165, 1.54) is 19.1 Å². The van der Waals surface area contributed by atoms with Crippen molar-refractivity contribution in [2.75, 3.05) is 6.54 Å². The number of carbonyl (C=O) groups excluding carboxylic acids is 1. The minimum atomic E-state index is -3.71. The number of nitrogens with two attached hydrogens (primary N) is 1. The number of hydrogen-bond donors (Lipinski definition) is 2. The van der Waals surface area contributed by atoms with E-state index in [2.05, 4.69) is 4.72 Å². The van der Waals surface area contributed by atoms with Crippen LogP contribution in [0.5, 0.6) is 0 Å². The van der Waals surface area contributed by atoms with Crippen molar-refractivity contribution in [3.05, 3.63) is 29.8 Å². The van der Waals surface area contributed by atoms with Crippen molar-refractivity contribution in [2.45, 2.75) is 38.1 Å². The maximum atomic E-state index is 12.4. The highest BCUT2D eigenvalue weighted by Gasteiger charge is 2.32.